The second kappa shape index (κ2) is 8.89. The minimum Gasteiger partial charge on any atom is -0.299 e. The summed E-state index contributed by atoms with van der Waals surface area (Å²) in [5.74, 6) is -0.350. The fraction of sp³-hybridized carbons (Fsp3) is 0.450. The normalized spacial score (nSPS) is 16.8. The van der Waals surface area contributed by atoms with Crippen molar-refractivity contribution in [3.05, 3.63) is 51.5 Å². The van der Waals surface area contributed by atoms with Crippen molar-refractivity contribution in [3.8, 4) is 6.07 Å². The zero-order valence-electron chi connectivity index (χ0n) is 14.7. The SMILES string of the molecule is Cc1csc([C@@H](C#N)C=NCc2ccc(CN3CCCCC3)cc2)n1. The van der Waals surface area contributed by atoms with Crippen LogP contribution >= 0.6 is 11.3 Å². The summed E-state index contributed by atoms with van der Waals surface area (Å²) < 4.78 is 0. The molecule has 0 saturated carbocycles. The summed E-state index contributed by atoms with van der Waals surface area (Å²) in [5, 5.41) is 12.1. The molecule has 2 heterocycles. The lowest BCUT2D eigenvalue weighted by molar-refractivity contribution is 0.221. The molecule has 0 bridgehead atoms. The molecule has 0 unspecified atom stereocenters. The van der Waals surface area contributed by atoms with Gasteiger partial charge in [0.1, 0.15) is 10.9 Å². The highest BCUT2D eigenvalue weighted by molar-refractivity contribution is 7.09. The van der Waals surface area contributed by atoms with E-state index in [2.05, 4.69) is 45.2 Å². The van der Waals surface area contributed by atoms with Crippen molar-refractivity contribution in [1.29, 1.82) is 5.26 Å². The van der Waals surface area contributed by atoms with E-state index in [-0.39, 0.29) is 5.92 Å². The van der Waals surface area contributed by atoms with Crippen LogP contribution in [-0.4, -0.2) is 29.2 Å². The van der Waals surface area contributed by atoms with Crippen molar-refractivity contribution < 1.29 is 0 Å². The Hall–Kier alpha value is -2.03. The smallest absolute Gasteiger partial charge is 0.133 e. The Labute approximate surface area is 153 Å². The van der Waals surface area contributed by atoms with E-state index < -0.39 is 0 Å². The van der Waals surface area contributed by atoms with E-state index in [4.69, 9.17) is 0 Å². The Morgan fingerprint density at radius 1 is 1.24 bits per heavy atom. The molecule has 0 aliphatic carbocycles. The van der Waals surface area contributed by atoms with Gasteiger partial charge in [0.2, 0.25) is 0 Å². The minimum atomic E-state index is -0.350. The van der Waals surface area contributed by atoms with E-state index in [1.165, 1.54) is 54.8 Å². The fourth-order valence-corrected chi connectivity index (χ4v) is 3.86. The first-order valence-electron chi connectivity index (χ1n) is 8.86. The number of aryl methyl sites for hydroxylation is 1. The molecule has 1 aromatic heterocycles. The van der Waals surface area contributed by atoms with Crippen molar-refractivity contribution in [3.63, 3.8) is 0 Å². The first kappa shape index (κ1) is 17.8. The van der Waals surface area contributed by atoms with Gasteiger partial charge < -0.3 is 0 Å². The molecule has 1 saturated heterocycles. The van der Waals surface area contributed by atoms with Crippen LogP contribution in [0.15, 0.2) is 34.6 Å². The van der Waals surface area contributed by atoms with Gasteiger partial charge in [-0.05, 0) is 44.0 Å². The molecule has 1 aromatic carbocycles. The molecule has 1 aliphatic heterocycles. The van der Waals surface area contributed by atoms with Crippen LogP contribution in [0.3, 0.4) is 0 Å². The van der Waals surface area contributed by atoms with Crippen LogP contribution in [0.1, 0.15) is 47.0 Å². The summed E-state index contributed by atoms with van der Waals surface area (Å²) in [6, 6.07) is 11.0. The fourth-order valence-electron chi connectivity index (χ4n) is 3.06. The second-order valence-electron chi connectivity index (χ2n) is 6.58. The number of hydrogen-bond donors (Lipinski definition) is 0. The number of likely N-dealkylation sites (tertiary alicyclic amines) is 1. The zero-order chi connectivity index (χ0) is 17.5. The summed E-state index contributed by atoms with van der Waals surface area (Å²) in [6.45, 7) is 6.03. The van der Waals surface area contributed by atoms with Crippen molar-refractivity contribution in [2.45, 2.75) is 45.2 Å². The molecule has 0 spiro atoms. The number of thiazole rings is 1. The average molecular weight is 353 g/mol. The van der Waals surface area contributed by atoms with E-state index >= 15 is 0 Å². The predicted octanol–water partition coefficient (Wildman–Crippen LogP) is 4.32. The lowest BCUT2D eigenvalue weighted by Gasteiger charge is -2.26. The Morgan fingerprint density at radius 2 is 1.96 bits per heavy atom. The van der Waals surface area contributed by atoms with Crippen molar-refractivity contribution in [2.24, 2.45) is 4.99 Å². The lowest BCUT2D eigenvalue weighted by Crippen LogP contribution is -2.29. The zero-order valence-corrected chi connectivity index (χ0v) is 15.5. The van der Waals surface area contributed by atoms with Gasteiger partial charge in [0.05, 0.1) is 12.6 Å². The van der Waals surface area contributed by atoms with Crippen molar-refractivity contribution in [1.82, 2.24) is 9.88 Å². The molecule has 25 heavy (non-hydrogen) atoms. The summed E-state index contributed by atoms with van der Waals surface area (Å²) in [6.07, 6.45) is 5.74. The monoisotopic (exact) mass is 352 g/mol. The highest BCUT2D eigenvalue weighted by atomic mass is 32.1. The third-order valence-corrected chi connectivity index (χ3v) is 5.49. The van der Waals surface area contributed by atoms with Crippen LogP contribution in [0.25, 0.3) is 0 Å². The third kappa shape index (κ3) is 5.22. The van der Waals surface area contributed by atoms with E-state index in [1.807, 2.05) is 12.3 Å². The maximum atomic E-state index is 9.30. The summed E-state index contributed by atoms with van der Waals surface area (Å²) in [5.41, 5.74) is 3.49. The van der Waals surface area contributed by atoms with Crippen molar-refractivity contribution in [2.75, 3.05) is 13.1 Å². The number of piperidine rings is 1. The average Bonchev–Trinajstić information content (AvgIpc) is 3.07. The van der Waals surface area contributed by atoms with Gasteiger partial charge in [0, 0.05) is 23.8 Å². The van der Waals surface area contributed by atoms with Gasteiger partial charge in [-0.15, -0.1) is 11.3 Å². The van der Waals surface area contributed by atoms with Crippen LogP contribution in [0, 0.1) is 18.3 Å². The summed E-state index contributed by atoms with van der Waals surface area (Å²) in [7, 11) is 0. The summed E-state index contributed by atoms with van der Waals surface area (Å²) in [4.78, 5) is 11.4. The molecule has 0 amide bonds. The van der Waals surface area contributed by atoms with Crippen LogP contribution in [0.5, 0.6) is 0 Å². The largest absolute Gasteiger partial charge is 0.299 e. The third-order valence-electron chi connectivity index (χ3n) is 4.45. The Bertz CT molecular complexity index is 736. The van der Waals surface area contributed by atoms with Gasteiger partial charge in [-0.1, -0.05) is 30.7 Å². The topological polar surface area (TPSA) is 52.3 Å². The number of aliphatic imine (C=N–C) groups is 1. The number of benzene rings is 1. The molecule has 2 aromatic rings. The molecule has 4 nitrogen and oxygen atoms in total. The van der Waals surface area contributed by atoms with Gasteiger partial charge in [-0.2, -0.15) is 5.26 Å². The van der Waals surface area contributed by atoms with Gasteiger partial charge in [0.15, 0.2) is 0 Å². The molecule has 3 rings (SSSR count). The molecule has 0 radical (unpaired) electrons. The highest BCUT2D eigenvalue weighted by Gasteiger charge is 2.12. The first-order chi connectivity index (χ1) is 12.2. The quantitative estimate of drug-likeness (QED) is 0.728. The van der Waals surface area contributed by atoms with E-state index in [1.54, 1.807) is 6.21 Å². The molecular formula is C20H24N4S. The molecule has 5 heteroatoms. The molecule has 130 valence electrons. The van der Waals surface area contributed by atoms with E-state index in [9.17, 15) is 5.26 Å². The molecular weight excluding hydrogens is 328 g/mol. The predicted molar refractivity (Wildman–Crippen MR) is 103 cm³/mol. The standard InChI is InChI=1S/C20H24N4S/c1-16-15-25-20(23-16)19(11-21)13-22-12-17-5-7-18(8-6-17)14-24-9-3-2-4-10-24/h5-8,13,15,19H,2-4,9-10,12,14H2,1H3/t19-/m0/s1. The molecule has 1 atom stereocenters. The lowest BCUT2D eigenvalue weighted by atomic mass is 10.1. The van der Waals surface area contributed by atoms with Gasteiger partial charge >= 0.3 is 0 Å². The Kier molecular flexibility index (Phi) is 6.32. The highest BCUT2D eigenvalue weighted by Crippen LogP contribution is 2.18. The van der Waals surface area contributed by atoms with Crippen molar-refractivity contribution >= 4 is 17.6 Å². The van der Waals surface area contributed by atoms with Gasteiger partial charge in [-0.25, -0.2) is 4.98 Å². The van der Waals surface area contributed by atoms with E-state index in [0.29, 0.717) is 6.54 Å². The summed E-state index contributed by atoms with van der Waals surface area (Å²) >= 11 is 1.52. The van der Waals surface area contributed by atoms with Gasteiger partial charge in [0.25, 0.3) is 0 Å². The van der Waals surface area contributed by atoms with Crippen LogP contribution in [0.4, 0.5) is 0 Å². The van der Waals surface area contributed by atoms with Crippen LogP contribution < -0.4 is 0 Å². The Morgan fingerprint density at radius 3 is 2.60 bits per heavy atom. The number of aromatic nitrogens is 1. The number of nitrogens with zero attached hydrogens (tertiary/aromatic N) is 4. The maximum absolute atomic E-state index is 9.30. The Balaban J connectivity index is 1.53. The first-order valence-corrected chi connectivity index (χ1v) is 9.74. The maximum Gasteiger partial charge on any atom is 0.133 e. The van der Waals surface area contributed by atoms with Gasteiger partial charge in [-0.3, -0.25) is 9.89 Å². The number of rotatable bonds is 6. The minimum absolute atomic E-state index is 0.350. The molecule has 1 aliphatic rings. The van der Waals surface area contributed by atoms with E-state index in [0.717, 1.165) is 17.2 Å². The molecule has 1 fully saturated rings. The van der Waals surface area contributed by atoms with Crippen LogP contribution in [0.2, 0.25) is 0 Å². The number of nitriles is 1. The second-order valence-corrected chi connectivity index (χ2v) is 7.47. The van der Waals surface area contributed by atoms with Crippen LogP contribution in [-0.2, 0) is 13.1 Å². The number of hydrogen-bond acceptors (Lipinski definition) is 5. The molecule has 0 N–H and O–H groups in total.